The van der Waals surface area contributed by atoms with Crippen LogP contribution < -0.4 is 9.62 Å². The second kappa shape index (κ2) is 13.4. The minimum atomic E-state index is -4.80. The SMILES string of the molecule is CC[C@H](C(=O)NC(C)(C)C)N(Cc1cccc(C)c1)C(=O)CN(c1cc(C(F)(F)F)ccc1Cl)S(=O)(=O)c1ccccc1. The van der Waals surface area contributed by atoms with Gasteiger partial charge >= 0.3 is 6.18 Å². The van der Waals surface area contributed by atoms with Crippen LogP contribution in [0.1, 0.15) is 50.8 Å². The van der Waals surface area contributed by atoms with Gasteiger partial charge in [-0.2, -0.15) is 13.2 Å². The van der Waals surface area contributed by atoms with Crippen molar-refractivity contribution in [3.8, 4) is 0 Å². The fourth-order valence-electron chi connectivity index (χ4n) is 4.49. The van der Waals surface area contributed by atoms with E-state index in [2.05, 4.69) is 5.32 Å². The minimum absolute atomic E-state index is 0.0495. The van der Waals surface area contributed by atoms with Gasteiger partial charge in [-0.15, -0.1) is 0 Å². The molecule has 43 heavy (non-hydrogen) atoms. The molecule has 0 unspecified atom stereocenters. The highest BCUT2D eigenvalue weighted by Gasteiger charge is 2.37. The quantitative estimate of drug-likeness (QED) is 0.272. The van der Waals surface area contributed by atoms with Crippen molar-refractivity contribution in [3.05, 3.63) is 94.5 Å². The molecule has 0 fully saturated rings. The highest BCUT2D eigenvalue weighted by atomic mass is 35.5. The number of carbonyl (C=O) groups excluding carboxylic acids is 2. The van der Waals surface area contributed by atoms with Gasteiger partial charge in [0, 0.05) is 12.1 Å². The van der Waals surface area contributed by atoms with E-state index in [1.54, 1.807) is 45.9 Å². The highest BCUT2D eigenvalue weighted by molar-refractivity contribution is 7.92. The fourth-order valence-corrected chi connectivity index (χ4v) is 6.21. The Balaban J connectivity index is 2.17. The van der Waals surface area contributed by atoms with E-state index >= 15 is 0 Å². The molecular weight excluding hydrogens is 603 g/mol. The molecule has 0 saturated carbocycles. The third-order valence-corrected chi connectivity index (χ3v) is 8.57. The first-order valence-electron chi connectivity index (χ1n) is 13.6. The van der Waals surface area contributed by atoms with Gasteiger partial charge < -0.3 is 10.2 Å². The molecule has 0 saturated heterocycles. The second-order valence-electron chi connectivity index (χ2n) is 11.2. The zero-order valence-electron chi connectivity index (χ0n) is 24.6. The molecule has 3 aromatic carbocycles. The Morgan fingerprint density at radius 2 is 1.60 bits per heavy atom. The minimum Gasteiger partial charge on any atom is -0.350 e. The third kappa shape index (κ3) is 8.73. The molecule has 2 amide bonds. The van der Waals surface area contributed by atoms with E-state index in [1.165, 1.54) is 29.2 Å². The first kappa shape index (κ1) is 33.9. The Kier molecular flexibility index (Phi) is 10.6. The van der Waals surface area contributed by atoms with Crippen molar-refractivity contribution in [2.75, 3.05) is 10.8 Å². The van der Waals surface area contributed by atoms with Crippen LogP contribution >= 0.6 is 11.6 Å². The van der Waals surface area contributed by atoms with Gasteiger partial charge in [0.2, 0.25) is 11.8 Å². The summed E-state index contributed by atoms with van der Waals surface area (Å²) in [5.41, 5.74) is -0.695. The van der Waals surface area contributed by atoms with Crippen LogP contribution in [0.25, 0.3) is 0 Å². The number of anilines is 1. The number of rotatable bonds is 10. The number of sulfonamides is 1. The van der Waals surface area contributed by atoms with Gasteiger partial charge in [-0.3, -0.25) is 13.9 Å². The van der Waals surface area contributed by atoms with E-state index < -0.39 is 57.4 Å². The Labute approximate surface area is 255 Å². The molecule has 0 aliphatic carbocycles. The number of nitrogens with zero attached hydrogens (tertiary/aromatic N) is 2. The predicted molar refractivity (Wildman–Crippen MR) is 161 cm³/mol. The molecule has 12 heteroatoms. The van der Waals surface area contributed by atoms with E-state index in [0.29, 0.717) is 15.9 Å². The third-order valence-electron chi connectivity index (χ3n) is 6.47. The average molecular weight is 638 g/mol. The van der Waals surface area contributed by atoms with Crippen LogP contribution in [0.4, 0.5) is 18.9 Å². The number of nitrogens with one attached hydrogen (secondary N) is 1. The van der Waals surface area contributed by atoms with Crippen molar-refractivity contribution in [2.24, 2.45) is 0 Å². The van der Waals surface area contributed by atoms with E-state index in [4.69, 9.17) is 11.6 Å². The topological polar surface area (TPSA) is 86.8 Å². The summed E-state index contributed by atoms with van der Waals surface area (Å²) in [5.74, 6) is -1.25. The number of aryl methyl sites for hydroxylation is 1. The zero-order chi connectivity index (χ0) is 32.2. The largest absolute Gasteiger partial charge is 0.416 e. The molecule has 0 radical (unpaired) electrons. The lowest BCUT2D eigenvalue weighted by Crippen LogP contribution is -2.55. The van der Waals surface area contributed by atoms with Crippen LogP contribution in [0.5, 0.6) is 0 Å². The molecule has 3 rings (SSSR count). The molecule has 7 nitrogen and oxygen atoms in total. The number of hydrogen-bond donors (Lipinski definition) is 1. The van der Waals surface area contributed by atoms with Crippen molar-refractivity contribution >= 4 is 39.1 Å². The number of halogens is 4. The standard InChI is InChI=1S/C31H35ClF3N3O4S/c1-6-26(29(40)36-30(3,4)5)37(19-22-12-10-11-21(2)17-22)28(39)20-38(43(41,42)24-13-8-7-9-14-24)27-18-23(31(33,34)35)15-16-25(27)32/h7-18,26H,6,19-20H2,1-5H3,(H,36,40)/t26-/m1/s1. The summed E-state index contributed by atoms with van der Waals surface area (Å²) in [5, 5.41) is 2.56. The number of benzene rings is 3. The lowest BCUT2D eigenvalue weighted by atomic mass is 10.0. The molecule has 0 spiro atoms. The molecule has 3 aromatic rings. The van der Waals surface area contributed by atoms with Gasteiger partial charge in [0.1, 0.15) is 12.6 Å². The lowest BCUT2D eigenvalue weighted by Gasteiger charge is -2.35. The summed E-state index contributed by atoms with van der Waals surface area (Å²) >= 11 is 6.30. The zero-order valence-corrected chi connectivity index (χ0v) is 26.1. The lowest BCUT2D eigenvalue weighted by molar-refractivity contribution is -0.141. The van der Waals surface area contributed by atoms with Crippen molar-refractivity contribution in [1.82, 2.24) is 10.2 Å². The van der Waals surface area contributed by atoms with Gasteiger partial charge in [-0.1, -0.05) is 66.6 Å². The monoisotopic (exact) mass is 637 g/mol. The first-order chi connectivity index (χ1) is 19.9. The van der Waals surface area contributed by atoms with Gasteiger partial charge in [-0.25, -0.2) is 8.42 Å². The maximum atomic E-state index is 14.1. The molecule has 0 heterocycles. The fraction of sp³-hybridized carbons (Fsp3) is 0.355. The Bertz CT molecular complexity index is 1560. The van der Waals surface area contributed by atoms with Crippen LogP contribution in [-0.4, -0.2) is 43.3 Å². The maximum absolute atomic E-state index is 14.1. The summed E-state index contributed by atoms with van der Waals surface area (Å²) in [7, 11) is -4.60. The summed E-state index contributed by atoms with van der Waals surface area (Å²) in [6.07, 6.45) is -4.61. The number of alkyl halides is 3. The first-order valence-corrected chi connectivity index (χ1v) is 15.4. The van der Waals surface area contributed by atoms with Crippen molar-refractivity contribution < 1.29 is 31.2 Å². The smallest absolute Gasteiger partial charge is 0.350 e. The van der Waals surface area contributed by atoms with Crippen molar-refractivity contribution in [1.29, 1.82) is 0 Å². The Hall–Kier alpha value is -3.57. The predicted octanol–water partition coefficient (Wildman–Crippen LogP) is 6.58. The molecule has 0 bridgehead atoms. The molecule has 1 N–H and O–H groups in total. The summed E-state index contributed by atoms with van der Waals surface area (Å²) in [4.78, 5) is 28.5. The maximum Gasteiger partial charge on any atom is 0.416 e. The Morgan fingerprint density at radius 3 is 2.16 bits per heavy atom. The van der Waals surface area contributed by atoms with Crippen molar-refractivity contribution in [2.45, 2.75) is 70.2 Å². The van der Waals surface area contributed by atoms with Crippen LogP contribution in [0.15, 0.2) is 77.7 Å². The molecule has 1 atom stereocenters. The van der Waals surface area contributed by atoms with Crippen LogP contribution in [0, 0.1) is 6.92 Å². The molecule has 0 aliphatic heterocycles. The molecule has 0 aliphatic rings. The summed E-state index contributed by atoms with van der Waals surface area (Å²) < 4.78 is 69.5. The van der Waals surface area contributed by atoms with Gasteiger partial charge in [0.25, 0.3) is 10.0 Å². The van der Waals surface area contributed by atoms with Crippen molar-refractivity contribution in [3.63, 3.8) is 0 Å². The number of hydrogen-bond acceptors (Lipinski definition) is 4. The van der Waals surface area contributed by atoms with Crippen LogP contribution in [0.2, 0.25) is 5.02 Å². The average Bonchev–Trinajstić information content (AvgIpc) is 2.90. The summed E-state index contributed by atoms with van der Waals surface area (Å²) in [6, 6.07) is 15.5. The van der Waals surface area contributed by atoms with E-state index in [-0.39, 0.29) is 22.9 Å². The van der Waals surface area contributed by atoms with Gasteiger partial charge in [-0.05, 0) is 70.0 Å². The summed E-state index contributed by atoms with van der Waals surface area (Å²) in [6.45, 7) is 7.97. The van der Waals surface area contributed by atoms with E-state index in [0.717, 1.165) is 17.7 Å². The normalized spacial score (nSPS) is 12.9. The van der Waals surface area contributed by atoms with Gasteiger partial charge in [0.15, 0.2) is 0 Å². The van der Waals surface area contributed by atoms with E-state index in [1.807, 2.05) is 19.1 Å². The van der Waals surface area contributed by atoms with Crippen LogP contribution in [0.3, 0.4) is 0 Å². The molecule has 232 valence electrons. The van der Waals surface area contributed by atoms with Crippen LogP contribution in [-0.2, 0) is 32.3 Å². The Morgan fingerprint density at radius 1 is 0.953 bits per heavy atom. The highest BCUT2D eigenvalue weighted by Crippen LogP contribution is 2.37. The molecular formula is C31H35ClF3N3O4S. The number of amides is 2. The van der Waals surface area contributed by atoms with E-state index in [9.17, 15) is 31.2 Å². The second-order valence-corrected chi connectivity index (χ2v) is 13.4. The number of carbonyl (C=O) groups is 2. The van der Waals surface area contributed by atoms with Gasteiger partial charge in [0.05, 0.1) is 21.2 Å². The molecule has 0 aromatic heterocycles.